The predicted molar refractivity (Wildman–Crippen MR) is 102 cm³/mol. The van der Waals surface area contributed by atoms with E-state index < -0.39 is 0 Å². The topological polar surface area (TPSA) is 63.4 Å². The number of carbonyl (C=O) groups is 1. The van der Waals surface area contributed by atoms with E-state index in [1.54, 1.807) is 10.7 Å². The molecule has 27 heavy (non-hydrogen) atoms. The molecule has 4 aromatic rings. The number of amides is 1. The highest BCUT2D eigenvalue weighted by Crippen LogP contribution is 2.31. The van der Waals surface area contributed by atoms with Gasteiger partial charge < -0.3 is 4.90 Å². The summed E-state index contributed by atoms with van der Waals surface area (Å²) in [6.45, 7) is 0.726. The molecule has 0 aliphatic carbocycles. The second-order valence-electron chi connectivity index (χ2n) is 6.89. The number of fused-ring (bicyclic) bond motifs is 2. The SMILES string of the molecule is O=C(c1ccc2ccccc2n1)N1CCCCC1c1ccn2nccc2n1. The van der Waals surface area contributed by atoms with Gasteiger partial charge in [0.15, 0.2) is 5.65 Å². The summed E-state index contributed by atoms with van der Waals surface area (Å²) < 4.78 is 1.74. The summed E-state index contributed by atoms with van der Waals surface area (Å²) in [4.78, 5) is 24.5. The van der Waals surface area contributed by atoms with Gasteiger partial charge in [0.1, 0.15) is 5.69 Å². The Balaban J connectivity index is 1.51. The number of nitrogens with zero attached hydrogens (tertiary/aromatic N) is 5. The van der Waals surface area contributed by atoms with Crippen molar-refractivity contribution in [2.24, 2.45) is 0 Å². The number of likely N-dealkylation sites (tertiary alicyclic amines) is 1. The fourth-order valence-corrected chi connectivity index (χ4v) is 3.83. The van der Waals surface area contributed by atoms with Crippen molar-refractivity contribution >= 4 is 22.5 Å². The van der Waals surface area contributed by atoms with E-state index in [4.69, 9.17) is 4.98 Å². The number of piperidine rings is 1. The average molecular weight is 357 g/mol. The third-order valence-electron chi connectivity index (χ3n) is 5.20. The fraction of sp³-hybridized carbons (Fsp3) is 0.238. The molecule has 1 aliphatic rings. The van der Waals surface area contributed by atoms with Crippen LogP contribution in [0.2, 0.25) is 0 Å². The Morgan fingerprint density at radius 1 is 1.00 bits per heavy atom. The first-order chi connectivity index (χ1) is 13.3. The second kappa shape index (κ2) is 6.46. The normalized spacial score (nSPS) is 17.5. The number of para-hydroxylation sites is 1. The molecule has 1 fully saturated rings. The molecule has 0 bridgehead atoms. The van der Waals surface area contributed by atoms with Gasteiger partial charge in [-0.3, -0.25) is 4.79 Å². The minimum Gasteiger partial charge on any atom is -0.329 e. The van der Waals surface area contributed by atoms with Gasteiger partial charge in [-0.1, -0.05) is 24.3 Å². The molecular formula is C21H19N5O. The van der Waals surface area contributed by atoms with Crippen LogP contribution in [0.1, 0.15) is 41.5 Å². The molecule has 0 spiro atoms. The van der Waals surface area contributed by atoms with E-state index in [1.165, 1.54) is 0 Å². The van der Waals surface area contributed by atoms with E-state index in [1.807, 2.05) is 59.6 Å². The van der Waals surface area contributed by atoms with Gasteiger partial charge in [0.25, 0.3) is 5.91 Å². The van der Waals surface area contributed by atoms with E-state index in [9.17, 15) is 4.79 Å². The van der Waals surface area contributed by atoms with Crippen molar-refractivity contribution in [2.75, 3.05) is 6.54 Å². The molecular weight excluding hydrogens is 338 g/mol. The number of benzene rings is 1. The number of carbonyl (C=O) groups excluding carboxylic acids is 1. The lowest BCUT2D eigenvalue weighted by Gasteiger charge is -2.35. The summed E-state index contributed by atoms with van der Waals surface area (Å²) in [7, 11) is 0. The van der Waals surface area contributed by atoms with Crippen LogP contribution in [0.3, 0.4) is 0 Å². The molecule has 1 amide bonds. The number of hydrogen-bond donors (Lipinski definition) is 0. The summed E-state index contributed by atoms with van der Waals surface area (Å²) in [6.07, 6.45) is 6.64. The lowest BCUT2D eigenvalue weighted by molar-refractivity contribution is 0.0600. The maximum absolute atomic E-state index is 13.3. The number of hydrogen-bond acceptors (Lipinski definition) is 4. The van der Waals surface area contributed by atoms with Gasteiger partial charge >= 0.3 is 0 Å². The fourth-order valence-electron chi connectivity index (χ4n) is 3.83. The Bertz CT molecular complexity index is 1140. The molecule has 1 atom stereocenters. The number of aromatic nitrogens is 4. The van der Waals surface area contributed by atoms with Gasteiger partial charge in [-0.15, -0.1) is 0 Å². The summed E-state index contributed by atoms with van der Waals surface area (Å²) in [5, 5.41) is 5.24. The summed E-state index contributed by atoms with van der Waals surface area (Å²) in [5.41, 5.74) is 3.05. The van der Waals surface area contributed by atoms with Crippen molar-refractivity contribution in [1.29, 1.82) is 0 Å². The van der Waals surface area contributed by atoms with E-state index in [0.29, 0.717) is 5.69 Å². The minimum absolute atomic E-state index is 0.0272. The molecule has 1 aliphatic heterocycles. The van der Waals surface area contributed by atoms with Gasteiger partial charge in [0.05, 0.1) is 23.4 Å². The van der Waals surface area contributed by atoms with Gasteiger partial charge in [-0.05, 0) is 37.5 Å². The maximum atomic E-state index is 13.3. The summed E-state index contributed by atoms with van der Waals surface area (Å²) >= 11 is 0. The van der Waals surface area contributed by atoms with Crippen LogP contribution in [0.15, 0.2) is 60.9 Å². The van der Waals surface area contributed by atoms with Crippen LogP contribution >= 0.6 is 0 Å². The summed E-state index contributed by atoms with van der Waals surface area (Å²) in [5.74, 6) is -0.0272. The first-order valence-corrected chi connectivity index (χ1v) is 9.27. The Labute approximate surface area is 156 Å². The molecule has 0 radical (unpaired) electrons. The molecule has 1 unspecified atom stereocenters. The smallest absolute Gasteiger partial charge is 0.273 e. The van der Waals surface area contributed by atoms with Crippen molar-refractivity contribution < 1.29 is 4.79 Å². The van der Waals surface area contributed by atoms with Crippen LogP contribution in [-0.4, -0.2) is 36.9 Å². The second-order valence-corrected chi connectivity index (χ2v) is 6.89. The number of rotatable bonds is 2. The first-order valence-electron chi connectivity index (χ1n) is 9.27. The standard InChI is InChI=1S/C21H19N5O/c27-21(18-9-8-15-5-1-2-6-16(15)23-18)25-13-4-3-7-19(25)17-11-14-26-20(24-17)10-12-22-26/h1-2,5-6,8-12,14,19H,3-4,7,13H2. The monoisotopic (exact) mass is 357 g/mol. The van der Waals surface area contributed by atoms with Crippen LogP contribution < -0.4 is 0 Å². The van der Waals surface area contributed by atoms with Gasteiger partial charge in [0.2, 0.25) is 0 Å². The molecule has 6 nitrogen and oxygen atoms in total. The predicted octanol–water partition coefficient (Wildman–Crippen LogP) is 3.64. The van der Waals surface area contributed by atoms with Crippen molar-refractivity contribution in [1.82, 2.24) is 24.5 Å². The van der Waals surface area contributed by atoms with Gasteiger partial charge in [-0.25, -0.2) is 14.5 Å². The molecule has 1 aromatic carbocycles. The molecule has 0 N–H and O–H groups in total. The Kier molecular flexibility index (Phi) is 3.81. The quantitative estimate of drug-likeness (QED) is 0.549. The van der Waals surface area contributed by atoms with E-state index in [2.05, 4.69) is 10.1 Å². The Morgan fingerprint density at radius 3 is 2.89 bits per heavy atom. The van der Waals surface area contributed by atoms with Crippen molar-refractivity contribution in [3.05, 3.63) is 72.3 Å². The third kappa shape index (κ3) is 2.83. The Morgan fingerprint density at radius 2 is 1.93 bits per heavy atom. The van der Waals surface area contributed by atoms with E-state index in [0.717, 1.165) is 48.1 Å². The van der Waals surface area contributed by atoms with Crippen molar-refractivity contribution in [3.8, 4) is 0 Å². The van der Waals surface area contributed by atoms with Crippen LogP contribution in [0.25, 0.3) is 16.6 Å². The molecule has 3 aromatic heterocycles. The molecule has 0 saturated carbocycles. The third-order valence-corrected chi connectivity index (χ3v) is 5.20. The van der Waals surface area contributed by atoms with E-state index in [-0.39, 0.29) is 11.9 Å². The van der Waals surface area contributed by atoms with Crippen molar-refractivity contribution in [3.63, 3.8) is 0 Å². The largest absolute Gasteiger partial charge is 0.329 e. The minimum atomic E-state index is -0.0283. The van der Waals surface area contributed by atoms with Gasteiger partial charge in [-0.2, -0.15) is 5.10 Å². The van der Waals surface area contributed by atoms with Crippen LogP contribution in [0.5, 0.6) is 0 Å². The van der Waals surface area contributed by atoms with E-state index >= 15 is 0 Å². The highest BCUT2D eigenvalue weighted by Gasteiger charge is 2.30. The van der Waals surface area contributed by atoms with Gasteiger partial charge in [0, 0.05) is 24.2 Å². The van der Waals surface area contributed by atoms with Crippen LogP contribution in [0.4, 0.5) is 0 Å². The molecule has 1 saturated heterocycles. The zero-order valence-corrected chi connectivity index (χ0v) is 14.8. The average Bonchev–Trinajstić information content (AvgIpc) is 3.21. The molecule has 5 rings (SSSR count). The van der Waals surface area contributed by atoms with Crippen LogP contribution in [-0.2, 0) is 0 Å². The maximum Gasteiger partial charge on any atom is 0.273 e. The van der Waals surface area contributed by atoms with Crippen molar-refractivity contribution in [2.45, 2.75) is 25.3 Å². The van der Waals surface area contributed by atoms with Crippen LogP contribution in [0, 0.1) is 0 Å². The highest BCUT2D eigenvalue weighted by molar-refractivity contribution is 5.95. The molecule has 6 heteroatoms. The first kappa shape index (κ1) is 15.9. The zero-order chi connectivity index (χ0) is 18.2. The number of pyridine rings is 1. The zero-order valence-electron chi connectivity index (χ0n) is 14.8. The highest BCUT2D eigenvalue weighted by atomic mass is 16.2. The lowest BCUT2D eigenvalue weighted by Crippen LogP contribution is -2.39. The molecule has 134 valence electrons. The molecule has 4 heterocycles. The summed E-state index contributed by atoms with van der Waals surface area (Å²) in [6, 6.07) is 15.5. The lowest BCUT2D eigenvalue weighted by atomic mass is 9.98. The Hall–Kier alpha value is -3.28.